The van der Waals surface area contributed by atoms with Gasteiger partial charge in [0.15, 0.2) is 0 Å². The summed E-state index contributed by atoms with van der Waals surface area (Å²) in [6, 6.07) is 6.35. The van der Waals surface area contributed by atoms with E-state index in [0.29, 0.717) is 0 Å². The second kappa shape index (κ2) is 3.05. The first kappa shape index (κ1) is 8.05. The number of aryl methyl sites for hydroxylation is 2. The minimum atomic E-state index is 0.933. The molecule has 2 aromatic rings. The van der Waals surface area contributed by atoms with E-state index in [0.717, 1.165) is 11.4 Å². The molecule has 0 atom stereocenters. The molecule has 2 heteroatoms. The number of imidazole rings is 1. The lowest BCUT2D eigenvalue weighted by molar-refractivity contribution is 1.28. The van der Waals surface area contributed by atoms with Crippen molar-refractivity contribution in [2.75, 3.05) is 0 Å². The van der Waals surface area contributed by atoms with Gasteiger partial charge in [-0.3, -0.25) is 0 Å². The van der Waals surface area contributed by atoms with Crippen LogP contribution in [-0.2, 0) is 0 Å². The molecule has 1 heterocycles. The zero-order valence-electron chi connectivity index (χ0n) is 7.83. The summed E-state index contributed by atoms with van der Waals surface area (Å²) in [6.07, 6.45) is 3.61. The van der Waals surface area contributed by atoms with Crippen molar-refractivity contribution in [2.24, 2.45) is 0 Å². The van der Waals surface area contributed by atoms with Gasteiger partial charge in [-0.1, -0.05) is 12.1 Å². The first-order chi connectivity index (χ1) is 6.27. The molecule has 0 amide bonds. The van der Waals surface area contributed by atoms with Crippen molar-refractivity contribution in [2.45, 2.75) is 13.8 Å². The summed E-state index contributed by atoms with van der Waals surface area (Å²) >= 11 is 0. The first-order valence-corrected chi connectivity index (χ1v) is 4.34. The summed E-state index contributed by atoms with van der Waals surface area (Å²) in [5.41, 5.74) is 3.76. The molecule has 0 aliphatic rings. The van der Waals surface area contributed by atoms with Crippen LogP contribution in [0.5, 0.6) is 0 Å². The molecule has 0 bridgehead atoms. The van der Waals surface area contributed by atoms with Crippen LogP contribution in [-0.4, -0.2) is 9.97 Å². The fourth-order valence-electron chi connectivity index (χ4n) is 1.31. The van der Waals surface area contributed by atoms with E-state index in [1.807, 2.05) is 6.20 Å². The second-order valence-corrected chi connectivity index (χ2v) is 3.24. The van der Waals surface area contributed by atoms with Crippen LogP contribution in [0.1, 0.15) is 11.1 Å². The van der Waals surface area contributed by atoms with Crippen LogP contribution in [0.2, 0.25) is 0 Å². The Bertz CT molecular complexity index is 402. The fourth-order valence-corrected chi connectivity index (χ4v) is 1.31. The highest BCUT2D eigenvalue weighted by Crippen LogP contribution is 2.17. The Morgan fingerprint density at radius 3 is 2.62 bits per heavy atom. The molecule has 0 aliphatic carbocycles. The van der Waals surface area contributed by atoms with Crippen molar-refractivity contribution in [1.29, 1.82) is 0 Å². The lowest BCUT2D eigenvalue weighted by Crippen LogP contribution is -1.84. The summed E-state index contributed by atoms with van der Waals surface area (Å²) in [7, 11) is 0. The van der Waals surface area contributed by atoms with Crippen molar-refractivity contribution in [3.8, 4) is 11.4 Å². The third-order valence-corrected chi connectivity index (χ3v) is 2.28. The van der Waals surface area contributed by atoms with Gasteiger partial charge in [0.25, 0.3) is 0 Å². The Morgan fingerprint density at radius 2 is 2.00 bits per heavy atom. The minimum absolute atomic E-state index is 0.933. The normalized spacial score (nSPS) is 10.3. The Hall–Kier alpha value is -1.57. The number of nitrogens with zero attached hydrogens (tertiary/aromatic N) is 1. The van der Waals surface area contributed by atoms with Crippen LogP contribution in [0.4, 0.5) is 0 Å². The van der Waals surface area contributed by atoms with E-state index in [-0.39, 0.29) is 0 Å². The molecule has 0 radical (unpaired) electrons. The average Bonchev–Trinajstić information content (AvgIpc) is 2.62. The standard InChI is InChI=1S/C11H12N2/c1-8-3-4-10(7-9(8)2)11-12-5-6-13-11/h3-7H,1-2H3,(H,12,13). The SMILES string of the molecule is Cc1ccc(-c2ncc[nH]2)cc1C. The van der Waals surface area contributed by atoms with E-state index in [4.69, 9.17) is 0 Å². The van der Waals surface area contributed by atoms with Crippen molar-refractivity contribution < 1.29 is 0 Å². The van der Waals surface area contributed by atoms with Gasteiger partial charge >= 0.3 is 0 Å². The average molecular weight is 172 g/mol. The van der Waals surface area contributed by atoms with E-state index in [1.54, 1.807) is 6.20 Å². The molecule has 0 saturated heterocycles. The third kappa shape index (κ3) is 1.47. The molecule has 13 heavy (non-hydrogen) atoms. The number of H-pyrrole nitrogens is 1. The van der Waals surface area contributed by atoms with Crippen molar-refractivity contribution in [3.05, 3.63) is 41.7 Å². The predicted octanol–water partition coefficient (Wildman–Crippen LogP) is 2.69. The van der Waals surface area contributed by atoms with E-state index in [9.17, 15) is 0 Å². The van der Waals surface area contributed by atoms with Gasteiger partial charge in [-0.25, -0.2) is 4.98 Å². The van der Waals surface area contributed by atoms with Crippen molar-refractivity contribution in [1.82, 2.24) is 9.97 Å². The van der Waals surface area contributed by atoms with E-state index >= 15 is 0 Å². The smallest absolute Gasteiger partial charge is 0.137 e. The molecule has 0 unspecified atom stereocenters. The number of aromatic amines is 1. The first-order valence-electron chi connectivity index (χ1n) is 4.34. The third-order valence-electron chi connectivity index (χ3n) is 2.28. The minimum Gasteiger partial charge on any atom is -0.345 e. The maximum Gasteiger partial charge on any atom is 0.137 e. The maximum absolute atomic E-state index is 4.20. The molecule has 2 rings (SSSR count). The van der Waals surface area contributed by atoms with Gasteiger partial charge in [0.05, 0.1) is 0 Å². The molecular formula is C11H12N2. The number of hydrogen-bond donors (Lipinski definition) is 1. The monoisotopic (exact) mass is 172 g/mol. The summed E-state index contributed by atoms with van der Waals surface area (Å²) in [5, 5.41) is 0. The van der Waals surface area contributed by atoms with Gasteiger partial charge in [0.1, 0.15) is 5.82 Å². The lowest BCUT2D eigenvalue weighted by Gasteiger charge is -2.01. The Kier molecular flexibility index (Phi) is 1.89. The molecule has 2 nitrogen and oxygen atoms in total. The van der Waals surface area contributed by atoms with Crippen LogP contribution in [0.15, 0.2) is 30.6 Å². The highest BCUT2D eigenvalue weighted by molar-refractivity contribution is 5.56. The van der Waals surface area contributed by atoms with Crippen LogP contribution in [0, 0.1) is 13.8 Å². The number of benzene rings is 1. The Morgan fingerprint density at radius 1 is 1.15 bits per heavy atom. The summed E-state index contributed by atoms with van der Waals surface area (Å²) in [4.78, 5) is 7.29. The quantitative estimate of drug-likeness (QED) is 0.704. The summed E-state index contributed by atoms with van der Waals surface area (Å²) < 4.78 is 0. The van der Waals surface area contributed by atoms with Gasteiger partial charge in [0.2, 0.25) is 0 Å². The highest BCUT2D eigenvalue weighted by atomic mass is 14.9. The molecular weight excluding hydrogens is 160 g/mol. The topological polar surface area (TPSA) is 28.7 Å². The molecule has 1 aromatic heterocycles. The number of hydrogen-bond acceptors (Lipinski definition) is 1. The summed E-state index contributed by atoms with van der Waals surface area (Å²) in [6.45, 7) is 4.23. The fraction of sp³-hybridized carbons (Fsp3) is 0.182. The van der Waals surface area contributed by atoms with Crippen LogP contribution in [0.25, 0.3) is 11.4 Å². The molecule has 0 aliphatic heterocycles. The van der Waals surface area contributed by atoms with Gasteiger partial charge in [-0.15, -0.1) is 0 Å². The number of aromatic nitrogens is 2. The van der Waals surface area contributed by atoms with Crippen LogP contribution in [0.3, 0.4) is 0 Å². The zero-order chi connectivity index (χ0) is 9.26. The lowest BCUT2D eigenvalue weighted by atomic mass is 10.1. The van der Waals surface area contributed by atoms with Gasteiger partial charge in [-0.05, 0) is 31.0 Å². The molecule has 1 N–H and O–H groups in total. The largest absolute Gasteiger partial charge is 0.345 e. The highest BCUT2D eigenvalue weighted by Gasteiger charge is 2.00. The van der Waals surface area contributed by atoms with Crippen LogP contribution >= 0.6 is 0 Å². The van der Waals surface area contributed by atoms with E-state index in [2.05, 4.69) is 42.0 Å². The Balaban J connectivity index is 2.49. The number of rotatable bonds is 1. The second-order valence-electron chi connectivity index (χ2n) is 3.24. The summed E-state index contributed by atoms with van der Waals surface area (Å²) in [5.74, 6) is 0.933. The van der Waals surface area contributed by atoms with Crippen LogP contribution < -0.4 is 0 Å². The van der Waals surface area contributed by atoms with E-state index in [1.165, 1.54) is 11.1 Å². The molecule has 0 spiro atoms. The maximum atomic E-state index is 4.20. The zero-order valence-corrected chi connectivity index (χ0v) is 7.83. The molecule has 0 saturated carbocycles. The van der Waals surface area contributed by atoms with Gasteiger partial charge in [-0.2, -0.15) is 0 Å². The predicted molar refractivity (Wildman–Crippen MR) is 53.5 cm³/mol. The van der Waals surface area contributed by atoms with Crippen molar-refractivity contribution >= 4 is 0 Å². The Labute approximate surface area is 77.6 Å². The van der Waals surface area contributed by atoms with Gasteiger partial charge in [0, 0.05) is 18.0 Å². The molecule has 0 fully saturated rings. The van der Waals surface area contributed by atoms with Crippen molar-refractivity contribution in [3.63, 3.8) is 0 Å². The number of nitrogens with one attached hydrogen (secondary N) is 1. The molecule has 66 valence electrons. The van der Waals surface area contributed by atoms with E-state index < -0.39 is 0 Å². The van der Waals surface area contributed by atoms with Gasteiger partial charge < -0.3 is 4.98 Å². The molecule has 1 aromatic carbocycles.